The molecule has 0 radical (unpaired) electrons. The molecule has 1 amide bonds. The number of hydrogen-bond donors (Lipinski definition) is 0. The lowest BCUT2D eigenvalue weighted by Crippen LogP contribution is -2.44. The molecule has 3 rings (SSSR count). The fraction of sp³-hybridized carbons (Fsp3) is 0.562. The number of para-hydroxylation sites is 2. The highest BCUT2D eigenvalue weighted by atomic mass is 16.5. The smallest absolute Gasteiger partial charge is 0.253 e. The number of ether oxygens (including phenoxy) is 2. The Labute approximate surface area is 125 Å². The average Bonchev–Trinajstić information content (AvgIpc) is 3.01. The minimum absolute atomic E-state index is 0.0218. The highest BCUT2D eigenvalue weighted by Crippen LogP contribution is 2.31. The third kappa shape index (κ3) is 3.19. The Balaban J connectivity index is 1.58. The molecule has 0 N–H and O–H groups in total. The molecule has 0 saturated carbocycles. The molecular weight excluding hydrogens is 268 g/mol. The van der Waals surface area contributed by atoms with Crippen molar-refractivity contribution in [3.05, 3.63) is 24.3 Å². The molecule has 114 valence electrons. The molecule has 1 aromatic carbocycles. The van der Waals surface area contributed by atoms with Gasteiger partial charge in [-0.2, -0.15) is 0 Å². The van der Waals surface area contributed by atoms with Gasteiger partial charge >= 0.3 is 0 Å². The lowest BCUT2D eigenvalue weighted by atomic mass is 10.1. The molecule has 2 aliphatic rings. The van der Waals surface area contributed by atoms with E-state index < -0.39 is 0 Å². The number of fused-ring (bicyclic) bond motifs is 1. The number of carbonyl (C=O) groups is 1. The number of rotatable bonds is 4. The summed E-state index contributed by atoms with van der Waals surface area (Å²) in [5.74, 6) is 0.0218. The molecule has 5 nitrogen and oxygen atoms in total. The van der Waals surface area contributed by atoms with Crippen molar-refractivity contribution in [1.82, 2.24) is 0 Å². The zero-order valence-corrected chi connectivity index (χ0v) is 12.5. The summed E-state index contributed by atoms with van der Waals surface area (Å²) in [7, 11) is 2.05. The second-order valence-electron chi connectivity index (χ2n) is 5.61. The highest BCUT2D eigenvalue weighted by molar-refractivity contribution is 5.98. The van der Waals surface area contributed by atoms with Gasteiger partial charge < -0.3 is 19.3 Å². The standard InChI is InChI=1S/C16H22N2O3/c1-17-8-9-18(15-7-3-2-6-14(15)17)16(19)12-20-11-13-5-4-10-21-13/h2-3,6-7,13H,4-5,8-12H2,1H3/t13-/m0/s1. The van der Waals surface area contributed by atoms with Gasteiger partial charge in [-0.25, -0.2) is 0 Å². The SMILES string of the molecule is CN1CCN(C(=O)COC[C@@H]2CCCO2)c2ccccc21. The van der Waals surface area contributed by atoms with Gasteiger partial charge in [0.05, 0.1) is 24.1 Å². The van der Waals surface area contributed by atoms with Crippen molar-refractivity contribution in [1.29, 1.82) is 0 Å². The number of likely N-dealkylation sites (N-methyl/N-ethyl adjacent to an activating group) is 1. The second-order valence-corrected chi connectivity index (χ2v) is 5.61. The topological polar surface area (TPSA) is 42.0 Å². The Kier molecular flexibility index (Phi) is 4.41. The van der Waals surface area contributed by atoms with Gasteiger partial charge in [-0.1, -0.05) is 12.1 Å². The molecule has 2 aliphatic heterocycles. The molecule has 2 heterocycles. The maximum absolute atomic E-state index is 12.4. The Bertz CT molecular complexity index is 500. The summed E-state index contributed by atoms with van der Waals surface area (Å²) >= 11 is 0. The van der Waals surface area contributed by atoms with E-state index in [9.17, 15) is 4.79 Å². The quantitative estimate of drug-likeness (QED) is 0.846. The van der Waals surface area contributed by atoms with Crippen LogP contribution in [0, 0.1) is 0 Å². The fourth-order valence-corrected chi connectivity index (χ4v) is 2.90. The van der Waals surface area contributed by atoms with Crippen LogP contribution in [0.4, 0.5) is 11.4 Å². The van der Waals surface area contributed by atoms with E-state index in [1.165, 1.54) is 0 Å². The van der Waals surface area contributed by atoms with E-state index in [0.717, 1.165) is 37.4 Å². The summed E-state index contributed by atoms with van der Waals surface area (Å²) in [6, 6.07) is 7.99. The number of hydrogen-bond acceptors (Lipinski definition) is 4. The summed E-state index contributed by atoms with van der Waals surface area (Å²) in [6.45, 7) is 3.00. The van der Waals surface area contributed by atoms with Gasteiger partial charge in [-0.3, -0.25) is 4.79 Å². The second kappa shape index (κ2) is 6.45. The van der Waals surface area contributed by atoms with Crippen LogP contribution in [0.25, 0.3) is 0 Å². The van der Waals surface area contributed by atoms with Gasteiger partial charge in [0.2, 0.25) is 0 Å². The largest absolute Gasteiger partial charge is 0.376 e. The average molecular weight is 290 g/mol. The number of carbonyl (C=O) groups excluding carboxylic acids is 1. The Morgan fingerprint density at radius 3 is 2.90 bits per heavy atom. The monoisotopic (exact) mass is 290 g/mol. The zero-order chi connectivity index (χ0) is 14.7. The molecule has 0 unspecified atom stereocenters. The van der Waals surface area contributed by atoms with Gasteiger partial charge in [0.25, 0.3) is 5.91 Å². The van der Waals surface area contributed by atoms with E-state index in [4.69, 9.17) is 9.47 Å². The summed E-state index contributed by atoms with van der Waals surface area (Å²) in [5.41, 5.74) is 2.06. The lowest BCUT2D eigenvalue weighted by molar-refractivity contribution is -0.124. The van der Waals surface area contributed by atoms with E-state index >= 15 is 0 Å². The van der Waals surface area contributed by atoms with Gasteiger partial charge in [0, 0.05) is 26.7 Å². The first kappa shape index (κ1) is 14.4. The van der Waals surface area contributed by atoms with E-state index in [0.29, 0.717) is 13.2 Å². The van der Waals surface area contributed by atoms with Crippen LogP contribution in [0.3, 0.4) is 0 Å². The summed E-state index contributed by atoms with van der Waals surface area (Å²) in [6.07, 6.45) is 2.29. The van der Waals surface area contributed by atoms with Crippen LogP contribution in [0.2, 0.25) is 0 Å². The first-order valence-corrected chi connectivity index (χ1v) is 7.55. The molecular formula is C16H22N2O3. The van der Waals surface area contributed by atoms with Gasteiger partial charge in [0.1, 0.15) is 6.61 Å². The van der Waals surface area contributed by atoms with Crippen molar-refractivity contribution < 1.29 is 14.3 Å². The first-order valence-electron chi connectivity index (χ1n) is 7.55. The lowest BCUT2D eigenvalue weighted by Gasteiger charge is -2.35. The Morgan fingerprint density at radius 2 is 2.14 bits per heavy atom. The van der Waals surface area contributed by atoms with Crippen molar-refractivity contribution in [2.75, 3.05) is 49.8 Å². The number of amides is 1. The zero-order valence-electron chi connectivity index (χ0n) is 12.5. The third-order valence-electron chi connectivity index (χ3n) is 4.10. The maximum atomic E-state index is 12.4. The summed E-state index contributed by atoms with van der Waals surface area (Å²) < 4.78 is 11.0. The molecule has 1 atom stereocenters. The van der Waals surface area contributed by atoms with Crippen LogP contribution in [0.15, 0.2) is 24.3 Å². The van der Waals surface area contributed by atoms with Gasteiger partial charge in [0.15, 0.2) is 0 Å². The molecule has 0 bridgehead atoms. The Hall–Kier alpha value is -1.59. The minimum Gasteiger partial charge on any atom is -0.376 e. The number of nitrogens with zero attached hydrogens (tertiary/aromatic N) is 2. The van der Waals surface area contributed by atoms with Crippen LogP contribution in [-0.4, -0.2) is 52.0 Å². The van der Waals surface area contributed by atoms with E-state index in [2.05, 4.69) is 11.9 Å². The molecule has 1 aromatic rings. The normalized spacial score (nSPS) is 21.5. The first-order chi connectivity index (χ1) is 10.3. The molecule has 0 aromatic heterocycles. The van der Waals surface area contributed by atoms with Crippen LogP contribution < -0.4 is 9.80 Å². The molecule has 21 heavy (non-hydrogen) atoms. The summed E-state index contributed by atoms with van der Waals surface area (Å²) in [5, 5.41) is 0. The maximum Gasteiger partial charge on any atom is 0.253 e. The van der Waals surface area contributed by atoms with Crippen LogP contribution in [-0.2, 0) is 14.3 Å². The van der Waals surface area contributed by atoms with Crippen LogP contribution >= 0.6 is 0 Å². The van der Waals surface area contributed by atoms with Crippen molar-refractivity contribution >= 4 is 17.3 Å². The predicted molar refractivity (Wildman–Crippen MR) is 81.9 cm³/mol. The summed E-state index contributed by atoms with van der Waals surface area (Å²) in [4.78, 5) is 16.4. The van der Waals surface area contributed by atoms with Crippen molar-refractivity contribution in [2.24, 2.45) is 0 Å². The van der Waals surface area contributed by atoms with E-state index in [1.54, 1.807) is 0 Å². The van der Waals surface area contributed by atoms with Crippen molar-refractivity contribution in [3.8, 4) is 0 Å². The van der Waals surface area contributed by atoms with Crippen LogP contribution in [0.5, 0.6) is 0 Å². The highest BCUT2D eigenvalue weighted by Gasteiger charge is 2.25. The third-order valence-corrected chi connectivity index (χ3v) is 4.10. The molecule has 5 heteroatoms. The van der Waals surface area contributed by atoms with Gasteiger partial charge in [-0.05, 0) is 25.0 Å². The van der Waals surface area contributed by atoms with E-state index in [1.807, 2.05) is 29.2 Å². The van der Waals surface area contributed by atoms with Crippen molar-refractivity contribution in [2.45, 2.75) is 18.9 Å². The number of anilines is 2. The fourth-order valence-electron chi connectivity index (χ4n) is 2.90. The van der Waals surface area contributed by atoms with E-state index in [-0.39, 0.29) is 18.6 Å². The minimum atomic E-state index is 0.0218. The van der Waals surface area contributed by atoms with Crippen molar-refractivity contribution in [3.63, 3.8) is 0 Å². The van der Waals surface area contributed by atoms with Crippen LogP contribution in [0.1, 0.15) is 12.8 Å². The molecule has 1 fully saturated rings. The Morgan fingerprint density at radius 1 is 1.33 bits per heavy atom. The molecule has 1 saturated heterocycles. The van der Waals surface area contributed by atoms with Gasteiger partial charge in [-0.15, -0.1) is 0 Å². The predicted octanol–water partition coefficient (Wildman–Crippen LogP) is 1.66. The number of benzene rings is 1. The molecule has 0 spiro atoms. The molecule has 0 aliphatic carbocycles.